The molecule has 10 heteroatoms. The van der Waals surface area contributed by atoms with E-state index in [1.165, 1.54) is 25.0 Å². The van der Waals surface area contributed by atoms with Gasteiger partial charge in [0.1, 0.15) is 28.7 Å². The summed E-state index contributed by atoms with van der Waals surface area (Å²) in [6.45, 7) is 0.566. The van der Waals surface area contributed by atoms with Gasteiger partial charge in [-0.3, -0.25) is 4.68 Å². The Bertz CT molecular complexity index is 1410. The number of anilines is 1. The highest BCUT2D eigenvalue weighted by molar-refractivity contribution is 5.89. The summed E-state index contributed by atoms with van der Waals surface area (Å²) in [6, 6.07) is 4.07. The number of rotatable bonds is 5. The Hall–Kier alpha value is -3.40. The highest BCUT2D eigenvalue weighted by atomic mass is 19.1. The van der Waals surface area contributed by atoms with Crippen LogP contribution in [0.25, 0.3) is 22.4 Å². The van der Waals surface area contributed by atoms with E-state index in [2.05, 4.69) is 11.3 Å². The summed E-state index contributed by atoms with van der Waals surface area (Å²) in [5.74, 6) is -0.0137. The third-order valence-electron chi connectivity index (χ3n) is 6.87. The fourth-order valence-corrected chi connectivity index (χ4v) is 4.89. The summed E-state index contributed by atoms with van der Waals surface area (Å²) < 4.78 is 38.5. The predicted octanol–water partition coefficient (Wildman–Crippen LogP) is 4.54. The van der Waals surface area contributed by atoms with E-state index in [0.29, 0.717) is 47.7 Å². The molecular formula is C25H27F2N7O. The lowest BCUT2D eigenvalue weighted by Crippen LogP contribution is -2.20. The van der Waals surface area contributed by atoms with Crippen molar-refractivity contribution in [1.82, 2.24) is 29.3 Å². The van der Waals surface area contributed by atoms with Crippen LogP contribution in [0.2, 0.25) is 0 Å². The van der Waals surface area contributed by atoms with Crippen molar-refractivity contribution >= 4 is 17.1 Å². The minimum absolute atomic E-state index is 0.00879. The lowest BCUT2D eigenvalue weighted by Gasteiger charge is -2.28. The molecule has 2 atom stereocenters. The SMILES string of the molecule is CN(C)c1nc2nc([C@@H]3CCO[C@H](c4cnn(C5CC5)c4)C3)nc(-c3ccc(F)cc3F)c2n1C. The molecule has 0 amide bonds. The molecule has 1 saturated carbocycles. The summed E-state index contributed by atoms with van der Waals surface area (Å²) in [5, 5.41) is 4.51. The molecule has 2 fully saturated rings. The first-order valence-electron chi connectivity index (χ1n) is 11.9. The monoisotopic (exact) mass is 479 g/mol. The Morgan fingerprint density at radius 3 is 2.66 bits per heavy atom. The number of halogens is 2. The number of aryl methyl sites for hydroxylation is 1. The van der Waals surface area contributed by atoms with Gasteiger partial charge in [0.25, 0.3) is 0 Å². The second-order valence-electron chi connectivity index (χ2n) is 9.66. The standard InChI is InChI=1S/C25H27F2N7O/c1-32(2)25-31-24-22(33(25)3)21(18-7-4-16(26)11-19(18)27)29-23(30-24)14-8-9-35-20(10-14)15-12-28-34(13-15)17-5-6-17/h4,7,11-14,17,20H,5-6,8-10H2,1-3H3/t14-,20+/m1/s1. The van der Waals surface area contributed by atoms with Crippen molar-refractivity contribution in [3.8, 4) is 11.3 Å². The molecule has 1 aliphatic heterocycles. The zero-order valence-electron chi connectivity index (χ0n) is 19.9. The Kier molecular flexibility index (Phi) is 5.28. The number of benzene rings is 1. The summed E-state index contributed by atoms with van der Waals surface area (Å²) in [7, 11) is 5.62. The average Bonchev–Trinajstić information content (AvgIpc) is 3.47. The quantitative estimate of drug-likeness (QED) is 0.418. The smallest absolute Gasteiger partial charge is 0.207 e. The van der Waals surface area contributed by atoms with Crippen molar-refractivity contribution in [3.63, 3.8) is 0 Å². The third kappa shape index (κ3) is 3.95. The molecule has 2 aliphatic rings. The first kappa shape index (κ1) is 22.1. The molecule has 0 spiro atoms. The van der Waals surface area contributed by atoms with Gasteiger partial charge < -0.3 is 14.2 Å². The predicted molar refractivity (Wildman–Crippen MR) is 127 cm³/mol. The van der Waals surface area contributed by atoms with Gasteiger partial charge in [0.2, 0.25) is 5.95 Å². The second kappa shape index (κ2) is 8.37. The van der Waals surface area contributed by atoms with E-state index in [4.69, 9.17) is 19.7 Å². The molecule has 0 unspecified atom stereocenters. The molecule has 3 aromatic heterocycles. The maximum absolute atomic E-state index is 14.9. The van der Waals surface area contributed by atoms with E-state index in [0.717, 1.165) is 18.1 Å². The number of aromatic nitrogens is 6. The van der Waals surface area contributed by atoms with Gasteiger partial charge in [-0.05, 0) is 37.8 Å². The minimum atomic E-state index is -0.666. The molecular weight excluding hydrogens is 452 g/mol. The second-order valence-corrected chi connectivity index (χ2v) is 9.66. The summed E-state index contributed by atoms with van der Waals surface area (Å²) in [6.07, 6.45) is 7.65. The van der Waals surface area contributed by atoms with Crippen LogP contribution in [0, 0.1) is 11.6 Å². The molecule has 1 saturated heterocycles. The van der Waals surface area contributed by atoms with Gasteiger partial charge >= 0.3 is 0 Å². The molecule has 1 aromatic carbocycles. The van der Waals surface area contributed by atoms with Crippen LogP contribution in [0.1, 0.15) is 55.1 Å². The van der Waals surface area contributed by atoms with Crippen molar-refractivity contribution in [2.24, 2.45) is 7.05 Å². The van der Waals surface area contributed by atoms with E-state index in [1.807, 2.05) is 41.5 Å². The molecule has 6 rings (SSSR count). The fourth-order valence-electron chi connectivity index (χ4n) is 4.89. The Morgan fingerprint density at radius 1 is 1.09 bits per heavy atom. The van der Waals surface area contributed by atoms with Crippen LogP contribution in [0.15, 0.2) is 30.6 Å². The summed E-state index contributed by atoms with van der Waals surface area (Å²) in [5.41, 5.74) is 2.79. The number of hydrogen-bond acceptors (Lipinski definition) is 6. The molecule has 0 bridgehead atoms. The zero-order chi connectivity index (χ0) is 24.3. The van der Waals surface area contributed by atoms with Gasteiger partial charge in [0.05, 0.1) is 18.3 Å². The molecule has 4 aromatic rings. The van der Waals surface area contributed by atoms with Crippen LogP contribution in [0.3, 0.4) is 0 Å². The Labute approximate surface area is 201 Å². The molecule has 35 heavy (non-hydrogen) atoms. The van der Waals surface area contributed by atoms with Crippen LogP contribution < -0.4 is 4.90 Å². The minimum Gasteiger partial charge on any atom is -0.373 e. The fraction of sp³-hybridized carbons (Fsp3) is 0.440. The van der Waals surface area contributed by atoms with Gasteiger partial charge in [-0.2, -0.15) is 10.1 Å². The van der Waals surface area contributed by atoms with Crippen LogP contribution in [-0.4, -0.2) is 50.0 Å². The molecule has 182 valence electrons. The topological polar surface area (TPSA) is 73.9 Å². The van der Waals surface area contributed by atoms with Gasteiger partial charge in [-0.25, -0.2) is 18.7 Å². The van der Waals surface area contributed by atoms with Crippen molar-refractivity contribution in [2.45, 2.75) is 43.7 Å². The Morgan fingerprint density at radius 2 is 1.91 bits per heavy atom. The molecule has 8 nitrogen and oxygen atoms in total. The van der Waals surface area contributed by atoms with Gasteiger partial charge in [-0.15, -0.1) is 0 Å². The first-order valence-corrected chi connectivity index (χ1v) is 11.9. The number of imidazole rings is 1. The van der Waals surface area contributed by atoms with E-state index in [-0.39, 0.29) is 17.6 Å². The summed E-state index contributed by atoms with van der Waals surface area (Å²) in [4.78, 5) is 16.3. The first-order chi connectivity index (χ1) is 16.9. The molecule has 0 N–H and O–H groups in total. The largest absolute Gasteiger partial charge is 0.373 e. The van der Waals surface area contributed by atoms with Gasteiger partial charge in [0.15, 0.2) is 5.65 Å². The van der Waals surface area contributed by atoms with Crippen molar-refractivity contribution in [1.29, 1.82) is 0 Å². The van der Waals surface area contributed by atoms with Gasteiger partial charge in [-0.1, -0.05) is 0 Å². The summed E-state index contributed by atoms with van der Waals surface area (Å²) >= 11 is 0. The third-order valence-corrected chi connectivity index (χ3v) is 6.87. The number of nitrogens with zero attached hydrogens (tertiary/aromatic N) is 7. The van der Waals surface area contributed by atoms with Crippen molar-refractivity contribution in [3.05, 3.63) is 53.6 Å². The van der Waals surface area contributed by atoms with E-state index in [9.17, 15) is 8.78 Å². The van der Waals surface area contributed by atoms with Gasteiger partial charge in [0, 0.05) is 57.1 Å². The maximum atomic E-state index is 14.9. The Balaban J connectivity index is 1.42. The lowest BCUT2D eigenvalue weighted by atomic mass is 9.92. The van der Waals surface area contributed by atoms with Crippen LogP contribution in [0.5, 0.6) is 0 Å². The maximum Gasteiger partial charge on any atom is 0.207 e. The van der Waals surface area contributed by atoms with E-state index >= 15 is 0 Å². The van der Waals surface area contributed by atoms with Crippen molar-refractivity contribution in [2.75, 3.05) is 25.6 Å². The van der Waals surface area contributed by atoms with Crippen LogP contribution in [-0.2, 0) is 11.8 Å². The highest BCUT2D eigenvalue weighted by Gasteiger charge is 2.31. The van der Waals surface area contributed by atoms with E-state index < -0.39 is 11.6 Å². The number of fused-ring (bicyclic) bond motifs is 1. The average molecular weight is 480 g/mol. The van der Waals surface area contributed by atoms with Crippen LogP contribution >= 0.6 is 0 Å². The highest BCUT2D eigenvalue weighted by Crippen LogP contribution is 2.40. The lowest BCUT2D eigenvalue weighted by molar-refractivity contribution is 0.00396. The molecule has 4 heterocycles. The van der Waals surface area contributed by atoms with Crippen molar-refractivity contribution < 1.29 is 13.5 Å². The zero-order valence-corrected chi connectivity index (χ0v) is 19.9. The molecule has 0 radical (unpaired) electrons. The number of ether oxygens (including phenoxy) is 1. The number of hydrogen-bond donors (Lipinski definition) is 0. The normalized spacial score (nSPS) is 20.5. The van der Waals surface area contributed by atoms with Crippen LogP contribution in [0.4, 0.5) is 14.7 Å². The molecule has 1 aliphatic carbocycles. The van der Waals surface area contributed by atoms with E-state index in [1.54, 1.807) is 0 Å².